The molecule has 2 heterocycles. The molecule has 0 aromatic carbocycles. The van der Waals surface area contributed by atoms with Crippen LogP contribution >= 0.6 is 38.9 Å². The number of fused-ring (bicyclic) bond motifs is 1. The van der Waals surface area contributed by atoms with Crippen LogP contribution in [0.25, 0.3) is 0 Å². The first-order valence-electron chi connectivity index (χ1n) is 6.51. The minimum atomic E-state index is -3.48. The van der Waals surface area contributed by atoms with Crippen LogP contribution < -0.4 is 0 Å². The molecule has 0 N–H and O–H groups in total. The predicted molar refractivity (Wildman–Crippen MR) is 82.8 cm³/mol. The molecule has 1 aliphatic carbocycles. The summed E-state index contributed by atoms with van der Waals surface area (Å²) < 4.78 is 33.7. The Hall–Kier alpha value is 0.340. The average molecular weight is 401 g/mol. The van der Waals surface area contributed by atoms with Crippen molar-refractivity contribution in [3.8, 4) is 0 Å². The second kappa shape index (κ2) is 5.85. The SMILES string of the molecule is O=S(=O)(c1cc(CCl)sc1Br)N1CCOC2CCCC21. The van der Waals surface area contributed by atoms with E-state index in [0.717, 1.165) is 24.1 Å². The van der Waals surface area contributed by atoms with Crippen LogP contribution in [0.3, 0.4) is 0 Å². The van der Waals surface area contributed by atoms with E-state index in [1.807, 2.05) is 0 Å². The predicted octanol–water partition coefficient (Wildman–Crippen LogP) is 3.19. The summed E-state index contributed by atoms with van der Waals surface area (Å²) in [4.78, 5) is 1.19. The van der Waals surface area contributed by atoms with Crippen LogP contribution in [0.2, 0.25) is 0 Å². The second-order valence-corrected chi connectivity index (χ2v) is 9.59. The Morgan fingerprint density at radius 1 is 1.50 bits per heavy atom. The van der Waals surface area contributed by atoms with E-state index in [1.165, 1.54) is 11.3 Å². The molecule has 3 rings (SSSR count). The molecule has 112 valence electrons. The van der Waals surface area contributed by atoms with Gasteiger partial charge in [-0.1, -0.05) is 0 Å². The zero-order chi connectivity index (χ0) is 14.3. The van der Waals surface area contributed by atoms with Crippen LogP contribution in [0.15, 0.2) is 14.7 Å². The highest BCUT2D eigenvalue weighted by atomic mass is 79.9. The number of hydrogen-bond acceptors (Lipinski definition) is 4. The zero-order valence-corrected chi connectivity index (χ0v) is 14.7. The Morgan fingerprint density at radius 2 is 2.30 bits per heavy atom. The summed E-state index contributed by atoms with van der Waals surface area (Å²) in [5.41, 5.74) is 0. The van der Waals surface area contributed by atoms with E-state index in [-0.39, 0.29) is 12.1 Å². The van der Waals surface area contributed by atoms with Gasteiger partial charge in [-0.3, -0.25) is 0 Å². The third kappa shape index (κ3) is 2.57. The largest absolute Gasteiger partial charge is 0.375 e. The molecule has 0 amide bonds. The maximum atomic E-state index is 12.9. The average Bonchev–Trinajstić information content (AvgIpc) is 3.03. The highest BCUT2D eigenvalue weighted by molar-refractivity contribution is 9.11. The van der Waals surface area contributed by atoms with Gasteiger partial charge in [0, 0.05) is 11.4 Å². The summed E-state index contributed by atoms with van der Waals surface area (Å²) in [6.45, 7) is 0.909. The minimum absolute atomic E-state index is 0.0139. The molecular weight excluding hydrogens is 386 g/mol. The lowest BCUT2D eigenvalue weighted by Crippen LogP contribution is -2.51. The third-order valence-corrected chi connectivity index (χ3v) is 8.48. The molecule has 4 nitrogen and oxygen atoms in total. The number of sulfonamides is 1. The lowest BCUT2D eigenvalue weighted by atomic mass is 10.2. The van der Waals surface area contributed by atoms with Crippen molar-refractivity contribution in [2.75, 3.05) is 13.2 Å². The number of alkyl halides is 1. The normalized spacial score (nSPS) is 27.7. The summed E-state index contributed by atoms with van der Waals surface area (Å²) in [6.07, 6.45) is 2.92. The van der Waals surface area contributed by atoms with E-state index < -0.39 is 10.0 Å². The molecule has 2 unspecified atom stereocenters. The molecule has 2 atom stereocenters. The second-order valence-electron chi connectivity index (χ2n) is 5.01. The standard InChI is InChI=1S/C12H15BrClNO3S2/c13-12-11(6-8(7-14)19-12)20(16,17)15-4-5-18-10-3-1-2-9(10)15/h6,9-10H,1-5,7H2. The number of morpholine rings is 1. The number of thiophene rings is 1. The molecule has 1 saturated heterocycles. The van der Waals surface area contributed by atoms with E-state index >= 15 is 0 Å². The van der Waals surface area contributed by atoms with E-state index in [0.29, 0.717) is 27.7 Å². The van der Waals surface area contributed by atoms with Gasteiger partial charge in [0.25, 0.3) is 0 Å². The molecule has 2 fully saturated rings. The first-order valence-corrected chi connectivity index (χ1v) is 10.1. The molecule has 0 bridgehead atoms. The minimum Gasteiger partial charge on any atom is -0.375 e. The van der Waals surface area contributed by atoms with Gasteiger partial charge in [-0.25, -0.2) is 8.42 Å². The van der Waals surface area contributed by atoms with Crippen molar-refractivity contribution in [2.24, 2.45) is 0 Å². The van der Waals surface area contributed by atoms with Crippen LogP contribution in [-0.2, 0) is 20.6 Å². The van der Waals surface area contributed by atoms with Crippen LogP contribution in [0.4, 0.5) is 0 Å². The van der Waals surface area contributed by atoms with Gasteiger partial charge in [0.2, 0.25) is 10.0 Å². The summed E-state index contributed by atoms with van der Waals surface area (Å²) in [7, 11) is -3.48. The molecule has 1 saturated carbocycles. The maximum Gasteiger partial charge on any atom is 0.245 e. The Morgan fingerprint density at radius 3 is 3.00 bits per heavy atom. The lowest BCUT2D eigenvalue weighted by molar-refractivity contribution is -0.0241. The Labute approximate surface area is 136 Å². The first-order chi connectivity index (χ1) is 9.54. The highest BCUT2D eigenvalue weighted by Crippen LogP contribution is 2.38. The number of hydrogen-bond donors (Lipinski definition) is 0. The van der Waals surface area contributed by atoms with Gasteiger partial charge in [0.15, 0.2) is 0 Å². The Bertz CT molecular complexity index is 604. The van der Waals surface area contributed by atoms with Gasteiger partial charge in [-0.15, -0.1) is 22.9 Å². The van der Waals surface area contributed by atoms with Crippen LogP contribution in [0, 0.1) is 0 Å². The maximum absolute atomic E-state index is 12.9. The van der Waals surface area contributed by atoms with Crippen molar-refractivity contribution in [3.05, 3.63) is 14.7 Å². The number of ether oxygens (including phenoxy) is 1. The molecule has 1 aromatic rings. The van der Waals surface area contributed by atoms with Crippen molar-refractivity contribution in [1.82, 2.24) is 4.31 Å². The number of halogens is 2. The fourth-order valence-corrected chi connectivity index (χ4v) is 7.34. The molecule has 1 aromatic heterocycles. The Kier molecular flexibility index (Phi) is 4.46. The molecule has 1 aliphatic heterocycles. The topological polar surface area (TPSA) is 46.6 Å². The van der Waals surface area contributed by atoms with E-state index in [9.17, 15) is 8.42 Å². The van der Waals surface area contributed by atoms with Crippen LogP contribution in [0.1, 0.15) is 24.1 Å². The lowest BCUT2D eigenvalue weighted by Gasteiger charge is -2.36. The smallest absolute Gasteiger partial charge is 0.245 e. The molecule has 20 heavy (non-hydrogen) atoms. The number of rotatable bonds is 3. The van der Waals surface area contributed by atoms with Crippen molar-refractivity contribution >= 4 is 48.9 Å². The fourth-order valence-electron chi connectivity index (χ4n) is 2.95. The van der Waals surface area contributed by atoms with Crippen LogP contribution in [-0.4, -0.2) is 38.0 Å². The van der Waals surface area contributed by atoms with Gasteiger partial charge in [0.1, 0.15) is 4.90 Å². The van der Waals surface area contributed by atoms with Crippen molar-refractivity contribution in [3.63, 3.8) is 0 Å². The summed E-state index contributed by atoms with van der Waals surface area (Å²) in [5, 5.41) is 0. The van der Waals surface area contributed by atoms with E-state index in [4.69, 9.17) is 16.3 Å². The summed E-state index contributed by atoms with van der Waals surface area (Å²) >= 11 is 10.5. The third-order valence-electron chi connectivity index (χ3n) is 3.86. The van der Waals surface area contributed by atoms with Gasteiger partial charge < -0.3 is 4.74 Å². The van der Waals surface area contributed by atoms with E-state index in [1.54, 1.807) is 10.4 Å². The van der Waals surface area contributed by atoms with Gasteiger partial charge in [-0.05, 0) is 41.3 Å². The first kappa shape index (κ1) is 15.2. The molecule has 2 aliphatic rings. The summed E-state index contributed by atoms with van der Waals surface area (Å²) in [5.74, 6) is 0.327. The Balaban J connectivity index is 1.96. The summed E-state index contributed by atoms with van der Waals surface area (Å²) in [6, 6.07) is 1.66. The van der Waals surface area contributed by atoms with Gasteiger partial charge >= 0.3 is 0 Å². The molecule has 0 spiro atoms. The molecular formula is C12H15BrClNO3S2. The van der Waals surface area contributed by atoms with Crippen molar-refractivity contribution < 1.29 is 13.2 Å². The van der Waals surface area contributed by atoms with Gasteiger partial charge in [0.05, 0.1) is 28.4 Å². The zero-order valence-electron chi connectivity index (χ0n) is 10.7. The molecule has 8 heteroatoms. The van der Waals surface area contributed by atoms with Crippen LogP contribution in [0.5, 0.6) is 0 Å². The number of nitrogens with zero attached hydrogens (tertiary/aromatic N) is 1. The molecule has 0 radical (unpaired) electrons. The van der Waals surface area contributed by atoms with Crippen molar-refractivity contribution in [2.45, 2.75) is 42.2 Å². The monoisotopic (exact) mass is 399 g/mol. The van der Waals surface area contributed by atoms with Gasteiger partial charge in [-0.2, -0.15) is 4.31 Å². The quantitative estimate of drug-likeness (QED) is 0.732. The fraction of sp³-hybridized carbons (Fsp3) is 0.667. The highest BCUT2D eigenvalue weighted by Gasteiger charge is 2.43. The van der Waals surface area contributed by atoms with Crippen molar-refractivity contribution in [1.29, 1.82) is 0 Å². The van der Waals surface area contributed by atoms with E-state index in [2.05, 4.69) is 15.9 Å².